The van der Waals surface area contributed by atoms with E-state index >= 15 is 0 Å². The number of hydrogen-bond donors (Lipinski definition) is 1. The van der Waals surface area contributed by atoms with Crippen LogP contribution in [0.2, 0.25) is 0 Å². The average molecular weight is 243 g/mol. The quantitative estimate of drug-likeness (QED) is 0.537. The molecule has 0 aromatic rings. The smallest absolute Gasteiger partial charge is 0.00209 e. The number of thioether (sulfide) groups is 1. The molecule has 0 amide bonds. The third-order valence-electron chi connectivity index (χ3n) is 3.85. The van der Waals surface area contributed by atoms with Crippen LogP contribution in [0, 0.1) is 11.8 Å². The molecule has 1 N–H and O–H groups in total. The number of nitrogens with one attached hydrogen (secondary N) is 1. The Morgan fingerprint density at radius 1 is 1.12 bits per heavy atom. The monoisotopic (exact) mass is 243 g/mol. The topological polar surface area (TPSA) is 12.0 Å². The molecule has 2 unspecified atom stereocenters. The van der Waals surface area contributed by atoms with Crippen LogP contribution in [-0.2, 0) is 0 Å². The van der Waals surface area contributed by atoms with Gasteiger partial charge in [0, 0.05) is 0 Å². The Hall–Kier alpha value is 0.310. The molecule has 0 radical (unpaired) electrons. The van der Waals surface area contributed by atoms with Gasteiger partial charge >= 0.3 is 0 Å². The minimum absolute atomic E-state index is 0.958. The van der Waals surface area contributed by atoms with Crippen molar-refractivity contribution in [1.29, 1.82) is 0 Å². The van der Waals surface area contributed by atoms with E-state index in [0.29, 0.717) is 0 Å². The first-order valence-corrected chi connectivity index (χ1v) is 8.26. The summed E-state index contributed by atoms with van der Waals surface area (Å²) in [6, 6.07) is 0. The van der Waals surface area contributed by atoms with Gasteiger partial charge in [0.15, 0.2) is 0 Å². The zero-order valence-electron chi connectivity index (χ0n) is 11.1. The van der Waals surface area contributed by atoms with Crippen LogP contribution in [-0.4, -0.2) is 25.1 Å². The maximum absolute atomic E-state index is 3.39. The SMILES string of the molecule is CCSCCCC1CCCCCC1CNC. The Kier molecular flexibility index (Phi) is 8.40. The molecule has 1 rings (SSSR count). The highest BCUT2D eigenvalue weighted by Crippen LogP contribution is 2.31. The largest absolute Gasteiger partial charge is 0.319 e. The van der Waals surface area contributed by atoms with Crippen LogP contribution < -0.4 is 5.32 Å². The van der Waals surface area contributed by atoms with E-state index in [0.717, 1.165) is 11.8 Å². The molecular formula is C14H29NS. The van der Waals surface area contributed by atoms with Gasteiger partial charge in [-0.25, -0.2) is 0 Å². The normalized spacial score (nSPS) is 26.6. The molecule has 2 atom stereocenters. The van der Waals surface area contributed by atoms with Crippen LogP contribution in [0.25, 0.3) is 0 Å². The summed E-state index contributed by atoms with van der Waals surface area (Å²) in [4.78, 5) is 0. The molecule has 1 fully saturated rings. The van der Waals surface area contributed by atoms with Gasteiger partial charge in [-0.1, -0.05) is 32.6 Å². The van der Waals surface area contributed by atoms with Crippen LogP contribution in [0.5, 0.6) is 0 Å². The van der Waals surface area contributed by atoms with Crippen LogP contribution in [0.3, 0.4) is 0 Å². The van der Waals surface area contributed by atoms with E-state index in [1.807, 2.05) is 0 Å². The van der Waals surface area contributed by atoms with Gasteiger partial charge in [-0.15, -0.1) is 0 Å². The van der Waals surface area contributed by atoms with Crippen molar-refractivity contribution in [2.75, 3.05) is 25.1 Å². The van der Waals surface area contributed by atoms with E-state index in [9.17, 15) is 0 Å². The second kappa shape index (κ2) is 9.35. The Labute approximate surface area is 106 Å². The Balaban J connectivity index is 2.26. The fourth-order valence-corrected chi connectivity index (χ4v) is 3.62. The standard InChI is InChI=1S/C14H29NS/c1-3-16-11-7-10-13-8-5-4-6-9-14(13)12-15-2/h13-15H,3-12H2,1-2H3. The molecule has 2 heteroatoms. The van der Waals surface area contributed by atoms with Crippen LogP contribution in [0.1, 0.15) is 51.9 Å². The summed E-state index contributed by atoms with van der Waals surface area (Å²) in [5.74, 6) is 4.62. The number of hydrogen-bond acceptors (Lipinski definition) is 2. The Morgan fingerprint density at radius 2 is 1.88 bits per heavy atom. The van der Waals surface area contributed by atoms with Gasteiger partial charge in [0.25, 0.3) is 0 Å². The second-order valence-electron chi connectivity index (χ2n) is 5.05. The van der Waals surface area contributed by atoms with E-state index < -0.39 is 0 Å². The predicted octanol–water partition coefficient (Wildman–Crippen LogP) is 3.94. The van der Waals surface area contributed by atoms with Gasteiger partial charge in [-0.05, 0) is 56.2 Å². The van der Waals surface area contributed by atoms with Gasteiger partial charge in [0.05, 0.1) is 0 Å². The van der Waals surface area contributed by atoms with E-state index in [4.69, 9.17) is 0 Å². The highest BCUT2D eigenvalue weighted by atomic mass is 32.2. The lowest BCUT2D eigenvalue weighted by molar-refractivity contribution is 0.287. The van der Waals surface area contributed by atoms with E-state index in [1.165, 1.54) is 63.0 Å². The van der Waals surface area contributed by atoms with Gasteiger partial charge in [0.1, 0.15) is 0 Å². The van der Waals surface area contributed by atoms with Gasteiger partial charge in [-0.3, -0.25) is 0 Å². The summed E-state index contributed by atoms with van der Waals surface area (Å²) in [5, 5.41) is 3.39. The lowest BCUT2D eigenvalue weighted by Gasteiger charge is -2.24. The molecule has 1 saturated carbocycles. The van der Waals surface area contributed by atoms with Crippen molar-refractivity contribution in [2.45, 2.75) is 51.9 Å². The van der Waals surface area contributed by atoms with Crippen molar-refractivity contribution >= 4 is 11.8 Å². The predicted molar refractivity (Wildman–Crippen MR) is 76.2 cm³/mol. The lowest BCUT2D eigenvalue weighted by atomic mass is 9.84. The molecule has 0 aromatic heterocycles. The molecule has 0 spiro atoms. The first-order valence-electron chi connectivity index (χ1n) is 7.10. The van der Waals surface area contributed by atoms with Crippen LogP contribution >= 0.6 is 11.8 Å². The highest BCUT2D eigenvalue weighted by molar-refractivity contribution is 7.99. The van der Waals surface area contributed by atoms with Gasteiger partial charge < -0.3 is 5.32 Å². The molecule has 0 saturated heterocycles. The van der Waals surface area contributed by atoms with Gasteiger partial charge in [0.2, 0.25) is 0 Å². The molecule has 1 aliphatic rings. The summed E-state index contributed by atoms with van der Waals surface area (Å²) < 4.78 is 0. The maximum Gasteiger partial charge on any atom is -0.00209 e. The highest BCUT2D eigenvalue weighted by Gasteiger charge is 2.22. The van der Waals surface area contributed by atoms with Gasteiger partial charge in [-0.2, -0.15) is 11.8 Å². The average Bonchev–Trinajstić information content (AvgIpc) is 2.51. The van der Waals surface area contributed by atoms with E-state index in [2.05, 4.69) is 31.1 Å². The zero-order chi connectivity index (χ0) is 11.6. The first kappa shape index (κ1) is 14.4. The van der Waals surface area contributed by atoms with Crippen LogP contribution in [0.15, 0.2) is 0 Å². The maximum atomic E-state index is 3.39. The van der Waals surface area contributed by atoms with E-state index in [-0.39, 0.29) is 0 Å². The fourth-order valence-electron chi connectivity index (χ4n) is 2.96. The molecule has 1 nitrogen and oxygen atoms in total. The molecule has 0 aromatic carbocycles. The molecule has 0 bridgehead atoms. The molecule has 16 heavy (non-hydrogen) atoms. The van der Waals surface area contributed by atoms with Crippen molar-refractivity contribution < 1.29 is 0 Å². The summed E-state index contributed by atoms with van der Waals surface area (Å²) in [7, 11) is 2.11. The molecule has 1 aliphatic carbocycles. The molecular weight excluding hydrogens is 214 g/mol. The molecule has 0 heterocycles. The third kappa shape index (κ3) is 5.58. The first-order chi connectivity index (χ1) is 7.88. The molecule has 96 valence electrons. The Morgan fingerprint density at radius 3 is 2.56 bits per heavy atom. The second-order valence-corrected chi connectivity index (χ2v) is 6.45. The third-order valence-corrected chi connectivity index (χ3v) is 4.84. The van der Waals surface area contributed by atoms with Crippen molar-refractivity contribution in [2.24, 2.45) is 11.8 Å². The van der Waals surface area contributed by atoms with E-state index in [1.54, 1.807) is 0 Å². The summed E-state index contributed by atoms with van der Waals surface area (Å²) in [6.45, 7) is 3.51. The van der Waals surface area contributed by atoms with Crippen molar-refractivity contribution in [3.63, 3.8) is 0 Å². The summed E-state index contributed by atoms with van der Waals surface area (Å²) >= 11 is 2.10. The minimum Gasteiger partial charge on any atom is -0.319 e. The fraction of sp³-hybridized carbons (Fsp3) is 1.00. The summed E-state index contributed by atoms with van der Waals surface area (Å²) in [6.07, 6.45) is 10.3. The Bertz CT molecular complexity index is 161. The molecule has 0 aliphatic heterocycles. The lowest BCUT2D eigenvalue weighted by Crippen LogP contribution is -2.25. The van der Waals surface area contributed by atoms with Crippen LogP contribution in [0.4, 0.5) is 0 Å². The zero-order valence-corrected chi connectivity index (χ0v) is 12.0. The van der Waals surface area contributed by atoms with Crippen molar-refractivity contribution in [1.82, 2.24) is 5.32 Å². The van der Waals surface area contributed by atoms with Crippen molar-refractivity contribution in [3.05, 3.63) is 0 Å². The van der Waals surface area contributed by atoms with Crippen molar-refractivity contribution in [3.8, 4) is 0 Å². The number of rotatable bonds is 7. The minimum atomic E-state index is 0.958. The summed E-state index contributed by atoms with van der Waals surface area (Å²) in [5.41, 5.74) is 0.